The zero-order valence-corrected chi connectivity index (χ0v) is 19.1. The summed E-state index contributed by atoms with van der Waals surface area (Å²) in [5.41, 5.74) is 4.54. The van der Waals surface area contributed by atoms with E-state index in [0.717, 1.165) is 18.4 Å². The molecule has 4 rings (SSSR count). The molecular formula is C27H29N3O3. The maximum atomic E-state index is 13.2. The molecule has 6 heteroatoms. The van der Waals surface area contributed by atoms with Gasteiger partial charge in [0.15, 0.2) is 0 Å². The monoisotopic (exact) mass is 443 g/mol. The lowest BCUT2D eigenvalue weighted by molar-refractivity contribution is -0.132. The average molecular weight is 444 g/mol. The van der Waals surface area contributed by atoms with E-state index in [1.807, 2.05) is 35.2 Å². The maximum Gasteiger partial charge on any atom is 0.253 e. The first-order valence-electron chi connectivity index (χ1n) is 11.3. The van der Waals surface area contributed by atoms with Crippen LogP contribution in [0.25, 0.3) is 0 Å². The Morgan fingerprint density at radius 1 is 1.03 bits per heavy atom. The third-order valence-electron chi connectivity index (χ3n) is 6.21. The molecule has 1 aromatic heterocycles. The molecule has 0 unspecified atom stereocenters. The number of aryl methyl sites for hydroxylation is 2. The summed E-state index contributed by atoms with van der Waals surface area (Å²) in [6.45, 7) is 5.10. The normalized spacial score (nSPS) is 15.5. The molecule has 0 bridgehead atoms. The highest BCUT2D eigenvalue weighted by atomic mass is 16.2. The average Bonchev–Trinajstić information content (AvgIpc) is 3.31. The van der Waals surface area contributed by atoms with Gasteiger partial charge >= 0.3 is 0 Å². The van der Waals surface area contributed by atoms with Crippen LogP contribution in [0.4, 0.5) is 0 Å². The molecule has 0 saturated carbocycles. The van der Waals surface area contributed by atoms with Crippen molar-refractivity contribution in [3.63, 3.8) is 0 Å². The number of rotatable bonds is 6. The lowest BCUT2D eigenvalue weighted by Gasteiger charge is -2.27. The molecule has 2 heterocycles. The van der Waals surface area contributed by atoms with Crippen LogP contribution in [0.1, 0.15) is 51.5 Å². The van der Waals surface area contributed by atoms with E-state index in [0.29, 0.717) is 18.7 Å². The Bertz CT molecular complexity index is 1220. The molecule has 1 atom stereocenters. The van der Waals surface area contributed by atoms with Gasteiger partial charge in [0.25, 0.3) is 11.5 Å². The minimum atomic E-state index is -0.301. The lowest BCUT2D eigenvalue weighted by atomic mass is 9.97. The Labute approximate surface area is 193 Å². The third-order valence-corrected chi connectivity index (χ3v) is 6.21. The molecule has 0 radical (unpaired) electrons. The summed E-state index contributed by atoms with van der Waals surface area (Å²) in [5.74, 6) is -0.392. The van der Waals surface area contributed by atoms with Gasteiger partial charge in [-0.3, -0.25) is 14.4 Å². The van der Waals surface area contributed by atoms with Crippen LogP contribution in [0.3, 0.4) is 0 Å². The van der Waals surface area contributed by atoms with Gasteiger partial charge in [0, 0.05) is 25.4 Å². The molecule has 0 spiro atoms. The molecular weight excluding hydrogens is 414 g/mol. The quantitative estimate of drug-likeness (QED) is 0.631. The van der Waals surface area contributed by atoms with Gasteiger partial charge in [-0.1, -0.05) is 54.1 Å². The number of carbonyl (C=O) groups is 2. The number of amides is 2. The summed E-state index contributed by atoms with van der Waals surface area (Å²) in [6.07, 6.45) is 3.32. The molecule has 1 N–H and O–H groups in total. The van der Waals surface area contributed by atoms with Gasteiger partial charge in [-0.25, -0.2) is 0 Å². The number of benzene rings is 2. The van der Waals surface area contributed by atoms with Gasteiger partial charge < -0.3 is 14.8 Å². The third kappa shape index (κ3) is 5.22. The minimum absolute atomic E-state index is 0.0189. The fourth-order valence-corrected chi connectivity index (χ4v) is 4.41. The molecule has 1 aliphatic rings. The first kappa shape index (κ1) is 22.5. The van der Waals surface area contributed by atoms with Crippen molar-refractivity contribution in [3.05, 3.63) is 105 Å². The number of nitrogens with one attached hydrogen (secondary N) is 1. The number of carbonyl (C=O) groups excluding carboxylic acids is 2. The number of likely N-dealkylation sites (tertiary alicyclic amines) is 1. The summed E-state index contributed by atoms with van der Waals surface area (Å²) in [7, 11) is 0. The van der Waals surface area contributed by atoms with Crippen LogP contribution >= 0.6 is 0 Å². The van der Waals surface area contributed by atoms with E-state index in [1.54, 1.807) is 0 Å². The predicted molar refractivity (Wildman–Crippen MR) is 128 cm³/mol. The first-order chi connectivity index (χ1) is 15.9. The molecule has 1 fully saturated rings. The first-order valence-corrected chi connectivity index (χ1v) is 11.3. The fourth-order valence-electron chi connectivity index (χ4n) is 4.41. The van der Waals surface area contributed by atoms with Crippen LogP contribution in [-0.4, -0.2) is 27.8 Å². The van der Waals surface area contributed by atoms with Gasteiger partial charge in [-0.2, -0.15) is 0 Å². The summed E-state index contributed by atoms with van der Waals surface area (Å²) in [4.78, 5) is 40.1. The Morgan fingerprint density at radius 2 is 1.82 bits per heavy atom. The van der Waals surface area contributed by atoms with Crippen LogP contribution in [0.2, 0.25) is 0 Å². The maximum absolute atomic E-state index is 13.2. The standard InChI is InChI=1S/C27H29N3O3/c1-19-10-11-20(2)23(15-19)24-9-6-14-30(24)26(32)18-29-17-22(12-13-25(29)31)27(33)28-16-21-7-4-3-5-8-21/h3-5,7-8,10-13,15,17,24H,6,9,14,16,18H2,1-2H3,(H,28,33)/t24-/m1/s1. The van der Waals surface area contributed by atoms with Gasteiger partial charge in [0.05, 0.1) is 11.6 Å². The molecule has 1 aliphatic heterocycles. The topological polar surface area (TPSA) is 71.4 Å². The van der Waals surface area contributed by atoms with E-state index < -0.39 is 0 Å². The second kappa shape index (κ2) is 9.86. The Balaban J connectivity index is 1.48. The van der Waals surface area contributed by atoms with Crippen LogP contribution in [0.5, 0.6) is 0 Å². The van der Waals surface area contributed by atoms with Gasteiger partial charge in [-0.15, -0.1) is 0 Å². The fraction of sp³-hybridized carbons (Fsp3) is 0.296. The van der Waals surface area contributed by atoms with Crippen molar-refractivity contribution in [2.75, 3.05) is 6.54 Å². The number of hydrogen-bond donors (Lipinski definition) is 1. The Hall–Kier alpha value is -3.67. The highest BCUT2D eigenvalue weighted by molar-refractivity contribution is 5.93. The van der Waals surface area contributed by atoms with Crippen molar-refractivity contribution in [1.82, 2.24) is 14.8 Å². The van der Waals surface area contributed by atoms with Gasteiger partial charge in [0.1, 0.15) is 6.54 Å². The van der Waals surface area contributed by atoms with Crippen molar-refractivity contribution in [1.29, 1.82) is 0 Å². The molecule has 6 nitrogen and oxygen atoms in total. The number of hydrogen-bond acceptors (Lipinski definition) is 3. The van der Waals surface area contributed by atoms with E-state index in [-0.39, 0.29) is 30.0 Å². The van der Waals surface area contributed by atoms with E-state index >= 15 is 0 Å². The zero-order chi connectivity index (χ0) is 23.4. The van der Waals surface area contributed by atoms with Crippen molar-refractivity contribution in [2.24, 2.45) is 0 Å². The van der Waals surface area contributed by atoms with E-state index in [1.165, 1.54) is 39.6 Å². The second-order valence-electron chi connectivity index (χ2n) is 8.66. The Kier molecular flexibility index (Phi) is 6.73. The summed E-state index contributed by atoms with van der Waals surface area (Å²) in [5, 5.41) is 2.86. The molecule has 1 saturated heterocycles. The van der Waals surface area contributed by atoms with Crippen LogP contribution in [0, 0.1) is 13.8 Å². The molecule has 0 aliphatic carbocycles. The number of aromatic nitrogens is 1. The summed E-state index contributed by atoms with van der Waals surface area (Å²) >= 11 is 0. The number of nitrogens with zero attached hydrogens (tertiary/aromatic N) is 2. The Morgan fingerprint density at radius 3 is 2.61 bits per heavy atom. The van der Waals surface area contributed by atoms with Crippen molar-refractivity contribution < 1.29 is 9.59 Å². The molecule has 2 amide bonds. The van der Waals surface area contributed by atoms with Gasteiger partial charge in [0.2, 0.25) is 5.91 Å². The molecule has 170 valence electrons. The van der Waals surface area contributed by atoms with Crippen LogP contribution in [0.15, 0.2) is 71.7 Å². The smallest absolute Gasteiger partial charge is 0.253 e. The molecule has 3 aromatic rings. The van der Waals surface area contributed by atoms with E-state index in [4.69, 9.17) is 0 Å². The second-order valence-corrected chi connectivity index (χ2v) is 8.66. The van der Waals surface area contributed by atoms with Crippen molar-refractivity contribution in [2.45, 2.75) is 45.8 Å². The molecule has 33 heavy (non-hydrogen) atoms. The lowest BCUT2D eigenvalue weighted by Crippen LogP contribution is -2.36. The summed E-state index contributed by atoms with van der Waals surface area (Å²) in [6, 6.07) is 18.8. The van der Waals surface area contributed by atoms with Crippen LogP contribution in [-0.2, 0) is 17.9 Å². The number of pyridine rings is 1. The van der Waals surface area contributed by atoms with Crippen LogP contribution < -0.4 is 10.9 Å². The van der Waals surface area contributed by atoms with Gasteiger partial charge in [-0.05, 0) is 49.4 Å². The predicted octanol–water partition coefficient (Wildman–Crippen LogP) is 3.76. The summed E-state index contributed by atoms with van der Waals surface area (Å²) < 4.78 is 1.33. The van der Waals surface area contributed by atoms with E-state index in [2.05, 4.69) is 37.4 Å². The minimum Gasteiger partial charge on any atom is -0.348 e. The SMILES string of the molecule is Cc1ccc(C)c([C@H]2CCCN2C(=O)Cn2cc(C(=O)NCc3ccccc3)ccc2=O)c1. The van der Waals surface area contributed by atoms with Crippen molar-refractivity contribution >= 4 is 11.8 Å². The molecule has 2 aromatic carbocycles. The highest BCUT2D eigenvalue weighted by Gasteiger charge is 2.31. The van der Waals surface area contributed by atoms with Crippen molar-refractivity contribution in [3.8, 4) is 0 Å². The van der Waals surface area contributed by atoms with E-state index in [9.17, 15) is 14.4 Å². The highest BCUT2D eigenvalue weighted by Crippen LogP contribution is 2.34. The largest absolute Gasteiger partial charge is 0.348 e. The zero-order valence-electron chi connectivity index (χ0n) is 19.1.